The highest BCUT2D eigenvalue weighted by Gasteiger charge is 2.24. The first-order chi connectivity index (χ1) is 54.5. The van der Waals surface area contributed by atoms with Crippen molar-refractivity contribution in [3.8, 4) is 24.3 Å². The molecule has 3 saturated heterocycles. The first-order valence-electron chi connectivity index (χ1n) is 35.6. The maximum atomic E-state index is 12.7. The topological polar surface area (TPSA) is 453 Å². The van der Waals surface area contributed by atoms with Gasteiger partial charge >= 0.3 is 34.7 Å². The van der Waals surface area contributed by atoms with Gasteiger partial charge in [-0.15, -0.1) is 37.2 Å². The summed E-state index contributed by atoms with van der Waals surface area (Å²) >= 11 is 14.6. The summed E-state index contributed by atoms with van der Waals surface area (Å²) < 4.78 is 8.43. The Bertz CT molecular complexity index is 5410. The first-order valence-corrected chi connectivity index (χ1v) is 37.5. The fraction of sp³-hybridized carbons (Fsp3) is 0.284. The second kappa shape index (κ2) is 50.6. The standard InChI is InChI=1S/2C18H21N5O2.C13H10ClN3O2.C8H6BrN.2C7H6O2.C5H5ClN2O2.C5H12N2.3ClH/c2*1-21-17(24)9-16(22-8-4-7-15(20)12-22)23(18(21)25)11-14-6-3-2-5-13(14)10-19;1-16-12(18)6-11(14)17(13(16)19)8-10-5-3-2-4-9(10)7-15;9-5-7-3-1-2-4-8(7)6-10;2*8-7(9)6-4-2-1-3-5-6;1-8-4(9)2-3(6)7-5(8)10;6-5-2-1-3-7-4-5;;;/h2*2-3,5-6,9,15H,4,7-8,11-12,20H2,1H3;2-6H,8H2,1H3;1-4H,5H2;2*1-5H,(H,8,9);2H,1H3,(H,7,10);5,7H,1-4,6H2;3*1H/t2*15-;;;;;;5-;;;/m11.....1.../s1. The highest BCUT2D eigenvalue weighted by molar-refractivity contribution is 9.08. The molecule has 30 nitrogen and oxygen atoms in total. The number of halogens is 6. The fourth-order valence-corrected chi connectivity index (χ4v) is 12.4. The van der Waals surface area contributed by atoms with E-state index in [0.29, 0.717) is 64.1 Å². The summed E-state index contributed by atoms with van der Waals surface area (Å²) in [6.45, 7) is 5.50. The predicted octanol–water partition coefficient (Wildman–Crippen LogP) is 7.82. The summed E-state index contributed by atoms with van der Waals surface area (Å²) in [5, 5.41) is 57.0. The van der Waals surface area contributed by atoms with Crippen molar-refractivity contribution in [2.24, 2.45) is 45.4 Å². The number of piperidine rings is 3. The van der Waals surface area contributed by atoms with Gasteiger partial charge in [0, 0.05) is 109 Å². The Morgan fingerprint density at radius 2 is 0.778 bits per heavy atom. The molecule has 4 aromatic heterocycles. The molecule has 3 aliphatic heterocycles. The Hall–Kier alpha value is -11.7. The number of aromatic carboxylic acids is 2. The molecule has 0 unspecified atom stereocenters. The lowest BCUT2D eigenvalue weighted by Crippen LogP contribution is -2.47. The fourth-order valence-electron chi connectivity index (χ4n) is 11.5. The van der Waals surface area contributed by atoms with Gasteiger partial charge in [-0.3, -0.25) is 56.1 Å². The van der Waals surface area contributed by atoms with E-state index in [-0.39, 0.29) is 90.4 Å². The molecule has 7 heterocycles. The van der Waals surface area contributed by atoms with Crippen LogP contribution in [0, 0.1) is 45.3 Å². The van der Waals surface area contributed by atoms with Gasteiger partial charge in [0.1, 0.15) is 21.9 Å². The highest BCUT2D eigenvalue weighted by Crippen LogP contribution is 2.22. The number of nitriles is 4. The zero-order valence-electron chi connectivity index (χ0n) is 64.2. The number of rotatable bonds is 11. The molecule has 3 atom stereocenters. The molecule has 13 rings (SSSR count). The number of carboxylic acids is 2. The molecule has 6 aromatic carbocycles. The van der Waals surface area contributed by atoms with E-state index in [1.807, 2.05) is 58.3 Å². The van der Waals surface area contributed by atoms with Crippen LogP contribution in [0.5, 0.6) is 0 Å². The van der Waals surface area contributed by atoms with Crippen LogP contribution >= 0.6 is 76.4 Å². The monoisotopic (exact) mass is 1760 g/mol. The second-order valence-electron chi connectivity index (χ2n) is 25.9. The summed E-state index contributed by atoms with van der Waals surface area (Å²) in [5.74, 6) is -0.627. The van der Waals surface area contributed by atoms with Gasteiger partial charge < -0.3 is 42.5 Å². The summed E-state index contributed by atoms with van der Waals surface area (Å²) in [5.41, 5.74) is 20.5. The summed E-state index contributed by atoms with van der Waals surface area (Å²) in [6.07, 6.45) is 6.15. The van der Waals surface area contributed by atoms with Crippen LogP contribution in [0.1, 0.15) is 104 Å². The van der Waals surface area contributed by atoms with Crippen LogP contribution in [0.4, 0.5) is 11.6 Å². The quantitative estimate of drug-likeness (QED) is 0.0479. The number of anilines is 2. The van der Waals surface area contributed by atoms with E-state index in [4.69, 9.17) is 61.1 Å². The van der Waals surface area contributed by atoms with Crippen molar-refractivity contribution in [1.29, 1.82) is 21.0 Å². The van der Waals surface area contributed by atoms with Crippen molar-refractivity contribution < 1.29 is 19.8 Å². The number of H-pyrrole nitrogens is 1. The van der Waals surface area contributed by atoms with E-state index in [2.05, 4.69) is 50.5 Å². The number of alkyl halides is 1. The van der Waals surface area contributed by atoms with Crippen molar-refractivity contribution in [3.05, 3.63) is 331 Å². The van der Waals surface area contributed by atoms with Crippen molar-refractivity contribution >= 4 is 99.9 Å². The molecule has 0 spiro atoms. The average Bonchev–Trinajstić information content (AvgIpc) is 0.791. The number of carboxylic acid groups (broad SMARTS) is 2. The molecular weight excluding hydrogens is 1670 g/mol. The third-order valence-corrected chi connectivity index (χ3v) is 19.0. The van der Waals surface area contributed by atoms with Gasteiger partial charge in [-0.25, -0.2) is 28.8 Å². The molecule has 10 N–H and O–H groups in total. The van der Waals surface area contributed by atoms with E-state index in [1.54, 1.807) is 118 Å². The lowest BCUT2D eigenvalue weighted by atomic mass is 10.1. The summed E-state index contributed by atoms with van der Waals surface area (Å²) in [7, 11) is 5.68. The van der Waals surface area contributed by atoms with Crippen molar-refractivity contribution in [3.63, 3.8) is 0 Å². The maximum Gasteiger partial charge on any atom is 0.335 e. The molecule has 0 aliphatic carbocycles. The van der Waals surface area contributed by atoms with Crippen LogP contribution in [-0.2, 0) is 53.2 Å². The Kier molecular flexibility index (Phi) is 43.0. The molecular formula is C81H90BrCl5N18O12. The van der Waals surface area contributed by atoms with Crippen LogP contribution in [-0.4, -0.2) is 116 Å². The Balaban J connectivity index is 0.000000359. The van der Waals surface area contributed by atoms with Gasteiger partial charge in [0.05, 0.1) is 77.3 Å². The molecule has 117 heavy (non-hydrogen) atoms. The molecule has 0 bridgehead atoms. The molecule has 3 aliphatic rings. The van der Waals surface area contributed by atoms with Crippen molar-refractivity contribution in [1.82, 2.24) is 42.3 Å². The average molecular weight is 1760 g/mol. The van der Waals surface area contributed by atoms with E-state index < -0.39 is 45.8 Å². The molecule has 0 radical (unpaired) electrons. The third-order valence-electron chi connectivity index (χ3n) is 17.8. The van der Waals surface area contributed by atoms with Gasteiger partial charge in [0.15, 0.2) is 0 Å². The third kappa shape index (κ3) is 30.1. The number of hydrogen-bond acceptors (Lipinski definition) is 20. The minimum Gasteiger partial charge on any atom is -0.478 e. The van der Waals surface area contributed by atoms with E-state index >= 15 is 0 Å². The number of nitrogens with two attached hydrogens (primary N) is 3. The number of hydrogen-bond donors (Lipinski definition) is 7. The van der Waals surface area contributed by atoms with Crippen LogP contribution in [0.3, 0.4) is 0 Å². The smallest absolute Gasteiger partial charge is 0.335 e. The molecule has 0 saturated carbocycles. The zero-order chi connectivity index (χ0) is 83.6. The van der Waals surface area contributed by atoms with Gasteiger partial charge in [0.25, 0.3) is 22.2 Å². The summed E-state index contributed by atoms with van der Waals surface area (Å²) in [6, 6.07) is 59.6. The minimum absolute atomic E-state index is 0. The van der Waals surface area contributed by atoms with Crippen LogP contribution < -0.4 is 77.3 Å². The largest absolute Gasteiger partial charge is 0.478 e. The molecule has 3 fully saturated rings. The number of benzene rings is 6. The Labute approximate surface area is 710 Å². The second-order valence-corrected chi connectivity index (χ2v) is 27.3. The van der Waals surface area contributed by atoms with Crippen molar-refractivity contribution in [2.45, 2.75) is 81.6 Å². The molecule has 36 heteroatoms. The number of carbonyl (C=O) groups is 2. The van der Waals surface area contributed by atoms with E-state index in [9.17, 15) is 58.5 Å². The Morgan fingerprint density at radius 3 is 1.09 bits per heavy atom. The molecule has 618 valence electrons. The van der Waals surface area contributed by atoms with Crippen LogP contribution in [0.25, 0.3) is 0 Å². The predicted molar refractivity (Wildman–Crippen MR) is 462 cm³/mol. The molecule has 10 aromatic rings. The lowest BCUT2D eigenvalue weighted by Gasteiger charge is -2.34. The molecule has 0 amide bonds. The SMILES string of the molecule is Cl.Cl.Cl.Cn1c(=O)cc(Cl)[nH]c1=O.Cn1c(=O)cc(Cl)n(Cc2ccccc2C#N)c1=O.Cn1c(=O)cc(N2CCC[C@@H](N)C2)n(Cc2ccccc2C#N)c1=O.Cn1c(=O)cc(N2CCC[C@@H](N)C2)n(Cc2ccccc2C#N)c1=O.N#Cc1ccccc1CBr.N[C@@H]1CCCNC1.O=C(O)c1ccccc1.O=C(O)c1ccccc1. The van der Waals surface area contributed by atoms with Crippen LogP contribution in [0.15, 0.2) is 220 Å². The zero-order valence-corrected chi connectivity index (χ0v) is 69.8. The minimum atomic E-state index is -0.879. The number of nitrogens with one attached hydrogen (secondary N) is 2. The first kappa shape index (κ1) is 99.5. The van der Waals surface area contributed by atoms with Gasteiger partial charge in [-0.05, 0) is 116 Å². The Morgan fingerprint density at radius 1 is 0.453 bits per heavy atom. The normalized spacial score (nSPS) is 14.0. The number of aromatic nitrogens is 8. The van der Waals surface area contributed by atoms with Gasteiger partial charge in [-0.1, -0.05) is 148 Å². The van der Waals surface area contributed by atoms with Gasteiger partial charge in [0.2, 0.25) is 0 Å². The summed E-state index contributed by atoms with van der Waals surface area (Å²) in [4.78, 5) is 121. The lowest BCUT2D eigenvalue weighted by molar-refractivity contribution is 0.0686. The highest BCUT2D eigenvalue weighted by atomic mass is 79.9. The van der Waals surface area contributed by atoms with Gasteiger partial charge in [-0.2, -0.15) is 21.0 Å². The van der Waals surface area contributed by atoms with E-state index in [1.165, 1.54) is 63.8 Å². The number of nitrogens with zero attached hydrogens (tertiary/aromatic N) is 13. The van der Waals surface area contributed by atoms with Crippen molar-refractivity contribution in [2.75, 3.05) is 49.1 Å². The van der Waals surface area contributed by atoms with E-state index in [0.717, 1.165) is 104 Å². The van der Waals surface area contributed by atoms with Crippen LogP contribution in [0.2, 0.25) is 10.3 Å². The maximum absolute atomic E-state index is 12.7. The number of aromatic amines is 1.